The molecule has 0 aliphatic carbocycles. The molecule has 1 heterocycles. The first kappa shape index (κ1) is 18.1. The number of hydrazone groups is 1. The van der Waals surface area contributed by atoms with E-state index in [1.54, 1.807) is 24.7 Å². The van der Waals surface area contributed by atoms with Crippen molar-refractivity contribution in [1.29, 1.82) is 0 Å². The molecule has 1 aromatic heterocycles. The zero-order valence-corrected chi connectivity index (χ0v) is 15.3. The summed E-state index contributed by atoms with van der Waals surface area (Å²) in [6.45, 7) is 1.03. The Kier molecular flexibility index (Phi) is 6.35. The smallest absolute Gasteiger partial charge is 0.245 e. The van der Waals surface area contributed by atoms with Crippen LogP contribution >= 0.6 is 11.3 Å². The molecule has 26 heavy (non-hydrogen) atoms. The molecule has 0 unspecified atom stereocenters. The van der Waals surface area contributed by atoms with E-state index in [9.17, 15) is 4.79 Å². The maximum Gasteiger partial charge on any atom is 0.245 e. The minimum atomic E-state index is -0.132. The molecule has 6 heteroatoms. The highest BCUT2D eigenvalue weighted by atomic mass is 32.1. The number of benzene rings is 2. The molecule has 2 aromatic carbocycles. The zero-order valence-electron chi connectivity index (χ0n) is 14.5. The number of carbonyl (C=O) groups excluding carboxylic acids is 1. The molecule has 0 atom stereocenters. The number of fused-ring (bicyclic) bond motifs is 1. The normalized spacial score (nSPS) is 11.1. The molecule has 0 saturated heterocycles. The molecule has 0 fully saturated rings. The Morgan fingerprint density at radius 1 is 1.12 bits per heavy atom. The Labute approximate surface area is 156 Å². The van der Waals surface area contributed by atoms with Crippen molar-refractivity contribution in [2.45, 2.75) is 6.42 Å². The van der Waals surface area contributed by atoms with Gasteiger partial charge in [0, 0.05) is 22.9 Å². The second kappa shape index (κ2) is 9.12. The van der Waals surface area contributed by atoms with Gasteiger partial charge in [-0.2, -0.15) is 5.10 Å². The third-order valence-corrected chi connectivity index (χ3v) is 4.65. The Morgan fingerprint density at radius 2 is 1.96 bits per heavy atom. The minimum absolute atomic E-state index is 0.132. The van der Waals surface area contributed by atoms with Gasteiger partial charge >= 0.3 is 0 Å². The predicted octanol–water partition coefficient (Wildman–Crippen LogP) is 3.62. The van der Waals surface area contributed by atoms with Gasteiger partial charge in [-0.15, -0.1) is 11.3 Å². The molecular formula is C20H20N2O3S. The molecule has 0 spiro atoms. The number of amides is 1. The molecule has 5 nitrogen and oxygen atoms in total. The van der Waals surface area contributed by atoms with Gasteiger partial charge in [-0.05, 0) is 29.0 Å². The molecule has 1 N–H and O–H groups in total. The summed E-state index contributed by atoms with van der Waals surface area (Å²) in [7, 11) is 1.65. The lowest BCUT2D eigenvalue weighted by Crippen LogP contribution is -2.19. The topological polar surface area (TPSA) is 59.9 Å². The van der Waals surface area contributed by atoms with Crippen LogP contribution in [-0.4, -0.2) is 32.4 Å². The van der Waals surface area contributed by atoms with E-state index in [-0.39, 0.29) is 5.91 Å². The minimum Gasteiger partial charge on any atom is -0.491 e. The van der Waals surface area contributed by atoms with Gasteiger partial charge in [-0.25, -0.2) is 5.43 Å². The van der Waals surface area contributed by atoms with Crippen molar-refractivity contribution in [3.63, 3.8) is 0 Å². The summed E-state index contributed by atoms with van der Waals surface area (Å²) in [6, 6.07) is 15.6. The lowest BCUT2D eigenvalue weighted by molar-refractivity contribution is -0.120. The van der Waals surface area contributed by atoms with Gasteiger partial charge in [0.15, 0.2) is 0 Å². The third-order valence-electron chi connectivity index (χ3n) is 3.77. The van der Waals surface area contributed by atoms with Crippen molar-refractivity contribution >= 4 is 34.2 Å². The molecule has 3 aromatic rings. The lowest BCUT2D eigenvalue weighted by Gasteiger charge is -2.10. The number of rotatable bonds is 8. The Balaban J connectivity index is 1.71. The number of nitrogens with one attached hydrogen (secondary N) is 1. The zero-order chi connectivity index (χ0) is 18.2. The molecule has 0 aliphatic heterocycles. The lowest BCUT2D eigenvalue weighted by atomic mass is 10.0. The van der Waals surface area contributed by atoms with Gasteiger partial charge in [0.2, 0.25) is 5.91 Å². The van der Waals surface area contributed by atoms with Crippen LogP contribution in [0, 0.1) is 0 Å². The van der Waals surface area contributed by atoms with Gasteiger partial charge in [-0.3, -0.25) is 4.79 Å². The molecular weight excluding hydrogens is 348 g/mol. The number of carbonyl (C=O) groups is 1. The van der Waals surface area contributed by atoms with Crippen LogP contribution in [-0.2, 0) is 16.0 Å². The first-order valence-corrected chi connectivity index (χ1v) is 9.13. The van der Waals surface area contributed by atoms with Crippen LogP contribution in [0.4, 0.5) is 0 Å². The van der Waals surface area contributed by atoms with Crippen molar-refractivity contribution in [3.05, 3.63) is 64.4 Å². The van der Waals surface area contributed by atoms with Gasteiger partial charge < -0.3 is 9.47 Å². The maximum atomic E-state index is 11.9. The van der Waals surface area contributed by atoms with Crippen LogP contribution in [0.2, 0.25) is 0 Å². The van der Waals surface area contributed by atoms with Crippen LogP contribution in [0.15, 0.2) is 59.0 Å². The van der Waals surface area contributed by atoms with Crippen LogP contribution in [0.3, 0.4) is 0 Å². The average Bonchev–Trinajstić information content (AvgIpc) is 3.16. The summed E-state index contributed by atoms with van der Waals surface area (Å²) in [6.07, 6.45) is 2.00. The standard InChI is InChI=1S/C20H20N2O3S/c1-24-10-11-25-19-9-8-15(17-6-2-3-7-18(17)19)14-21-22-20(23)13-16-5-4-12-26-16/h2-9,12,14H,10-11,13H2,1H3,(H,22,23)/b21-14-. The summed E-state index contributed by atoms with van der Waals surface area (Å²) in [4.78, 5) is 12.9. The highest BCUT2D eigenvalue weighted by Crippen LogP contribution is 2.27. The number of ether oxygens (including phenoxy) is 2. The monoisotopic (exact) mass is 368 g/mol. The molecule has 0 radical (unpaired) electrons. The molecule has 134 valence electrons. The number of thiophene rings is 1. The van der Waals surface area contributed by atoms with Gasteiger partial charge in [0.05, 0.1) is 19.2 Å². The molecule has 1 amide bonds. The fourth-order valence-electron chi connectivity index (χ4n) is 2.55. The van der Waals surface area contributed by atoms with E-state index in [0.717, 1.165) is 27.0 Å². The highest BCUT2D eigenvalue weighted by Gasteiger charge is 2.06. The van der Waals surface area contributed by atoms with E-state index < -0.39 is 0 Å². The van der Waals surface area contributed by atoms with Gasteiger partial charge in [0.25, 0.3) is 0 Å². The maximum absolute atomic E-state index is 11.9. The first-order valence-electron chi connectivity index (χ1n) is 8.25. The van der Waals surface area contributed by atoms with E-state index in [1.807, 2.05) is 53.9 Å². The third kappa shape index (κ3) is 4.68. The molecule has 3 rings (SSSR count). The van der Waals surface area contributed by atoms with E-state index in [0.29, 0.717) is 19.6 Å². The van der Waals surface area contributed by atoms with Crippen molar-refractivity contribution in [1.82, 2.24) is 5.43 Å². The van der Waals surface area contributed by atoms with Crippen LogP contribution in [0.25, 0.3) is 10.8 Å². The second-order valence-electron chi connectivity index (χ2n) is 5.59. The fraction of sp³-hybridized carbons (Fsp3) is 0.200. The molecule has 0 bridgehead atoms. The van der Waals surface area contributed by atoms with Crippen molar-refractivity contribution < 1.29 is 14.3 Å². The molecule has 0 saturated carbocycles. The number of methoxy groups -OCH3 is 1. The summed E-state index contributed by atoms with van der Waals surface area (Å²) in [5.74, 6) is 0.670. The summed E-state index contributed by atoms with van der Waals surface area (Å²) in [5, 5.41) is 8.06. The Hall–Kier alpha value is -2.70. The summed E-state index contributed by atoms with van der Waals surface area (Å²) >= 11 is 1.56. The molecule has 0 aliphatic rings. The Morgan fingerprint density at radius 3 is 2.73 bits per heavy atom. The quantitative estimate of drug-likeness (QED) is 0.375. The van der Waals surface area contributed by atoms with Crippen molar-refractivity contribution in [2.75, 3.05) is 20.3 Å². The van der Waals surface area contributed by atoms with Crippen molar-refractivity contribution in [3.8, 4) is 5.75 Å². The number of nitrogens with zero attached hydrogens (tertiary/aromatic N) is 1. The van der Waals surface area contributed by atoms with Gasteiger partial charge in [-0.1, -0.05) is 30.3 Å². The van der Waals surface area contributed by atoms with Crippen molar-refractivity contribution in [2.24, 2.45) is 5.10 Å². The van der Waals surface area contributed by atoms with Crippen LogP contribution in [0.1, 0.15) is 10.4 Å². The average molecular weight is 368 g/mol. The van der Waals surface area contributed by atoms with E-state index in [2.05, 4.69) is 10.5 Å². The van der Waals surface area contributed by atoms with E-state index in [1.165, 1.54) is 0 Å². The fourth-order valence-corrected chi connectivity index (χ4v) is 3.26. The van der Waals surface area contributed by atoms with E-state index in [4.69, 9.17) is 9.47 Å². The SMILES string of the molecule is COCCOc1ccc(/C=N\NC(=O)Cc2cccs2)c2ccccc12. The summed E-state index contributed by atoms with van der Waals surface area (Å²) in [5.41, 5.74) is 3.49. The number of hydrogen-bond donors (Lipinski definition) is 1. The van der Waals surface area contributed by atoms with Gasteiger partial charge in [0.1, 0.15) is 12.4 Å². The second-order valence-corrected chi connectivity index (χ2v) is 6.62. The first-order chi connectivity index (χ1) is 12.8. The highest BCUT2D eigenvalue weighted by molar-refractivity contribution is 7.10. The van der Waals surface area contributed by atoms with Crippen LogP contribution < -0.4 is 10.2 Å². The summed E-state index contributed by atoms with van der Waals surface area (Å²) < 4.78 is 10.8. The number of hydrogen-bond acceptors (Lipinski definition) is 5. The largest absolute Gasteiger partial charge is 0.491 e. The van der Waals surface area contributed by atoms with E-state index >= 15 is 0 Å². The predicted molar refractivity (Wildman–Crippen MR) is 105 cm³/mol. The van der Waals surface area contributed by atoms with Crippen LogP contribution in [0.5, 0.6) is 5.75 Å². The Bertz CT molecular complexity index is 891.